The van der Waals surface area contributed by atoms with E-state index in [1.165, 1.54) is 5.56 Å². The number of hydrogen-bond acceptors (Lipinski definition) is 3. The van der Waals surface area contributed by atoms with Crippen molar-refractivity contribution in [1.29, 1.82) is 0 Å². The van der Waals surface area contributed by atoms with Gasteiger partial charge in [0.1, 0.15) is 0 Å². The number of nitrogens with zero attached hydrogens (tertiary/aromatic N) is 3. The van der Waals surface area contributed by atoms with Crippen LogP contribution >= 0.6 is 0 Å². The molecule has 0 unspecified atom stereocenters. The van der Waals surface area contributed by atoms with Crippen molar-refractivity contribution in [3.63, 3.8) is 0 Å². The van der Waals surface area contributed by atoms with Crippen LogP contribution in [-0.4, -0.2) is 42.8 Å². The van der Waals surface area contributed by atoms with Gasteiger partial charge in [0, 0.05) is 53.2 Å². The molecule has 2 heterocycles. The number of hydrogen-bond donors (Lipinski definition) is 0. The molecular weight excluding hydrogens is 310 g/mol. The lowest BCUT2D eigenvalue weighted by Gasteiger charge is -2.35. The van der Waals surface area contributed by atoms with E-state index in [-0.39, 0.29) is 11.9 Å². The maximum Gasteiger partial charge on any atom is 0.254 e. The summed E-state index contributed by atoms with van der Waals surface area (Å²) in [6.45, 7) is 2.61. The molecule has 0 N–H and O–H groups in total. The van der Waals surface area contributed by atoms with Gasteiger partial charge in [-0.1, -0.05) is 19.1 Å². The van der Waals surface area contributed by atoms with Crippen LogP contribution in [0, 0.1) is 0 Å². The van der Waals surface area contributed by atoms with Crippen LogP contribution in [0.15, 0.2) is 36.7 Å². The number of aromatic nitrogens is 2. The van der Waals surface area contributed by atoms with Crippen molar-refractivity contribution in [2.24, 2.45) is 7.05 Å². The lowest BCUT2D eigenvalue weighted by molar-refractivity contribution is 0.0699. The second-order valence-electron chi connectivity index (χ2n) is 5.82. The summed E-state index contributed by atoms with van der Waals surface area (Å²) in [6.07, 6.45) is 4.61. The fraction of sp³-hybridized carbons (Fsp3) is 0.412. The molecule has 1 aliphatic heterocycles. The second kappa shape index (κ2) is 6.66. The first kappa shape index (κ1) is 15.9. The Morgan fingerprint density at radius 1 is 1.35 bits per heavy atom. The van der Waals surface area contributed by atoms with Crippen molar-refractivity contribution < 1.29 is 9.00 Å². The van der Waals surface area contributed by atoms with Crippen molar-refractivity contribution in [2.75, 3.05) is 18.1 Å². The zero-order chi connectivity index (χ0) is 16.4. The van der Waals surface area contributed by atoms with E-state index in [4.69, 9.17) is 0 Å². The maximum atomic E-state index is 12.9. The van der Waals surface area contributed by atoms with E-state index < -0.39 is 10.8 Å². The van der Waals surface area contributed by atoms with E-state index in [1.54, 1.807) is 10.9 Å². The number of carbonyl (C=O) groups excluding carboxylic acids is 1. The van der Waals surface area contributed by atoms with Gasteiger partial charge < -0.3 is 4.90 Å². The Bertz CT molecular complexity index is 724. The van der Waals surface area contributed by atoms with E-state index in [0.717, 1.165) is 12.0 Å². The Morgan fingerprint density at radius 2 is 2.09 bits per heavy atom. The average Bonchev–Trinajstić information content (AvgIpc) is 3.00. The summed E-state index contributed by atoms with van der Waals surface area (Å²) in [4.78, 5) is 14.7. The topological polar surface area (TPSA) is 55.2 Å². The largest absolute Gasteiger partial charge is 0.330 e. The van der Waals surface area contributed by atoms with Gasteiger partial charge in [-0.05, 0) is 24.1 Å². The van der Waals surface area contributed by atoms with E-state index in [9.17, 15) is 9.00 Å². The Balaban J connectivity index is 1.87. The number of amides is 1. The molecule has 5 nitrogen and oxygen atoms in total. The molecule has 23 heavy (non-hydrogen) atoms. The molecule has 122 valence electrons. The summed E-state index contributed by atoms with van der Waals surface area (Å²) in [7, 11) is 0.955. The molecule has 6 heteroatoms. The highest BCUT2D eigenvalue weighted by atomic mass is 32.2. The van der Waals surface area contributed by atoms with Crippen molar-refractivity contribution in [2.45, 2.75) is 19.4 Å². The SMILES string of the molecule is CCc1ccc(C(=O)N2CC[S@@](=O)C[C@H]2c2cnn(C)c2)cc1. The summed E-state index contributed by atoms with van der Waals surface area (Å²) in [5.74, 6) is 1.01. The average molecular weight is 331 g/mol. The van der Waals surface area contributed by atoms with E-state index in [2.05, 4.69) is 12.0 Å². The molecule has 0 bridgehead atoms. The van der Waals surface area contributed by atoms with Gasteiger partial charge in [0.05, 0.1) is 12.2 Å². The minimum atomic E-state index is -0.891. The van der Waals surface area contributed by atoms with Crippen LogP contribution in [0.5, 0.6) is 0 Å². The highest BCUT2D eigenvalue weighted by Crippen LogP contribution is 2.27. The summed E-state index contributed by atoms with van der Waals surface area (Å²) < 4.78 is 13.7. The predicted octanol–water partition coefficient (Wildman–Crippen LogP) is 1.93. The van der Waals surface area contributed by atoms with Crippen molar-refractivity contribution in [3.8, 4) is 0 Å². The van der Waals surface area contributed by atoms with Gasteiger partial charge in [-0.15, -0.1) is 0 Å². The van der Waals surface area contributed by atoms with Crippen LogP contribution in [-0.2, 0) is 24.3 Å². The number of carbonyl (C=O) groups is 1. The Morgan fingerprint density at radius 3 is 2.70 bits per heavy atom. The Labute approximate surface area is 138 Å². The first-order chi connectivity index (χ1) is 11.1. The highest BCUT2D eigenvalue weighted by molar-refractivity contribution is 7.85. The van der Waals surface area contributed by atoms with Gasteiger partial charge in [-0.25, -0.2) is 0 Å². The van der Waals surface area contributed by atoms with Gasteiger partial charge in [-0.3, -0.25) is 13.7 Å². The summed E-state index contributed by atoms with van der Waals surface area (Å²) in [5, 5.41) is 4.19. The standard InChI is InChI=1S/C17H21N3O2S/c1-3-13-4-6-14(7-5-13)17(21)20-8-9-23(22)12-16(20)15-10-18-19(2)11-15/h4-7,10-11,16H,3,8-9,12H2,1-2H3/t16-,23+/m0/s1. The highest BCUT2D eigenvalue weighted by Gasteiger charge is 2.32. The molecule has 1 aromatic heterocycles. The molecule has 1 aromatic carbocycles. The molecule has 0 radical (unpaired) electrons. The second-order valence-corrected chi connectivity index (χ2v) is 7.44. The third-order valence-electron chi connectivity index (χ3n) is 4.26. The van der Waals surface area contributed by atoms with Crippen molar-refractivity contribution in [1.82, 2.24) is 14.7 Å². The van der Waals surface area contributed by atoms with E-state index in [1.807, 2.05) is 42.4 Å². The molecule has 0 spiro atoms. The summed E-state index contributed by atoms with van der Waals surface area (Å²) in [5.41, 5.74) is 2.84. The molecular formula is C17H21N3O2S. The lowest BCUT2D eigenvalue weighted by Crippen LogP contribution is -2.44. The number of benzene rings is 1. The van der Waals surface area contributed by atoms with Gasteiger partial charge in [-0.2, -0.15) is 5.10 Å². The molecule has 0 saturated carbocycles. The van der Waals surface area contributed by atoms with Gasteiger partial charge >= 0.3 is 0 Å². The Kier molecular flexibility index (Phi) is 4.61. The van der Waals surface area contributed by atoms with Crippen LogP contribution in [0.3, 0.4) is 0 Å². The molecule has 2 aromatic rings. The first-order valence-electron chi connectivity index (χ1n) is 7.82. The summed E-state index contributed by atoms with van der Waals surface area (Å²) >= 11 is 0. The monoisotopic (exact) mass is 331 g/mol. The van der Waals surface area contributed by atoms with Crippen LogP contribution in [0.25, 0.3) is 0 Å². The molecule has 1 fully saturated rings. The fourth-order valence-corrected chi connectivity index (χ4v) is 4.18. The summed E-state index contributed by atoms with van der Waals surface area (Å²) in [6, 6.07) is 7.58. The molecule has 3 rings (SSSR count). The third-order valence-corrected chi connectivity index (χ3v) is 5.58. The molecule has 2 atom stereocenters. The van der Waals surface area contributed by atoms with Gasteiger partial charge in [0.2, 0.25) is 0 Å². The van der Waals surface area contributed by atoms with E-state index in [0.29, 0.717) is 23.6 Å². The van der Waals surface area contributed by atoms with Gasteiger partial charge in [0.15, 0.2) is 0 Å². The minimum Gasteiger partial charge on any atom is -0.330 e. The number of aryl methyl sites for hydroxylation is 2. The molecule has 1 saturated heterocycles. The normalized spacial score (nSPS) is 21.4. The lowest BCUT2D eigenvalue weighted by atomic mass is 10.1. The zero-order valence-corrected chi connectivity index (χ0v) is 14.3. The molecule has 1 aliphatic rings. The van der Waals surface area contributed by atoms with Gasteiger partial charge in [0.25, 0.3) is 5.91 Å². The van der Waals surface area contributed by atoms with Crippen molar-refractivity contribution >= 4 is 16.7 Å². The van der Waals surface area contributed by atoms with Crippen molar-refractivity contribution in [3.05, 3.63) is 53.3 Å². The number of rotatable bonds is 3. The first-order valence-corrected chi connectivity index (χ1v) is 9.30. The smallest absolute Gasteiger partial charge is 0.254 e. The minimum absolute atomic E-state index is 0.00166. The zero-order valence-electron chi connectivity index (χ0n) is 13.4. The van der Waals surface area contributed by atoms with E-state index >= 15 is 0 Å². The fourth-order valence-electron chi connectivity index (χ4n) is 2.89. The maximum absolute atomic E-state index is 12.9. The Hall–Kier alpha value is -1.95. The molecule has 1 amide bonds. The third kappa shape index (κ3) is 3.37. The molecule has 0 aliphatic carbocycles. The van der Waals surface area contributed by atoms with Crippen LogP contribution in [0.4, 0.5) is 0 Å². The van der Waals surface area contributed by atoms with Crippen LogP contribution in [0.1, 0.15) is 34.5 Å². The van der Waals surface area contributed by atoms with Crippen LogP contribution < -0.4 is 0 Å². The predicted molar refractivity (Wildman–Crippen MR) is 90.7 cm³/mol. The quantitative estimate of drug-likeness (QED) is 0.863. The van der Waals surface area contributed by atoms with Crippen LogP contribution in [0.2, 0.25) is 0 Å².